The highest BCUT2D eigenvalue weighted by atomic mass is 79.9. The molecule has 0 N–H and O–H groups in total. The van der Waals surface area contributed by atoms with Gasteiger partial charge in [0.1, 0.15) is 33.8 Å². The zero-order chi connectivity index (χ0) is 12.6. The number of halogens is 3. The van der Waals surface area contributed by atoms with Crippen LogP contribution in [0.15, 0.2) is 10.7 Å². The second kappa shape index (κ2) is 4.83. The van der Waals surface area contributed by atoms with Gasteiger partial charge in [0.15, 0.2) is 0 Å². The lowest BCUT2D eigenvalue weighted by Crippen LogP contribution is -2.01. The van der Waals surface area contributed by atoms with E-state index in [0.29, 0.717) is 31.4 Å². The summed E-state index contributed by atoms with van der Waals surface area (Å²) in [4.78, 5) is 4.25. The van der Waals surface area contributed by atoms with Crippen LogP contribution in [0.5, 0.6) is 0 Å². The van der Waals surface area contributed by atoms with Crippen molar-refractivity contribution in [2.45, 2.75) is 6.73 Å². The Kier molecular flexibility index (Phi) is 3.59. The van der Waals surface area contributed by atoms with E-state index >= 15 is 0 Å². The molecule has 4 nitrogen and oxygen atoms in total. The van der Waals surface area contributed by atoms with Gasteiger partial charge in [0.05, 0.1) is 5.02 Å². The molecule has 2 aromatic rings. The average molecular weight is 335 g/mol. The Balaban J connectivity index is 2.83. The maximum atomic E-state index is 8.97. The van der Waals surface area contributed by atoms with Gasteiger partial charge in [0.25, 0.3) is 0 Å². The van der Waals surface area contributed by atoms with E-state index in [4.69, 9.17) is 33.2 Å². The number of pyridine rings is 1. The number of nitriles is 1. The summed E-state index contributed by atoms with van der Waals surface area (Å²) in [6.07, 6.45) is 0. The largest absolute Gasteiger partial charge is 0.364 e. The molecular weight excluding hydrogens is 329 g/mol. The molecule has 17 heavy (non-hydrogen) atoms. The Hall–Kier alpha value is -0.800. The topological polar surface area (TPSA) is 50.8 Å². The molecule has 0 aliphatic heterocycles. The van der Waals surface area contributed by atoms with E-state index < -0.39 is 0 Å². The molecule has 0 spiro atoms. The minimum absolute atomic E-state index is 0.268. The molecule has 0 radical (unpaired) electrons. The predicted molar refractivity (Wildman–Crippen MR) is 69.2 cm³/mol. The van der Waals surface area contributed by atoms with Gasteiger partial charge in [0.2, 0.25) is 0 Å². The first-order valence-corrected chi connectivity index (χ1v) is 6.07. The lowest BCUT2D eigenvalue weighted by Gasteiger charge is -2.05. The summed E-state index contributed by atoms with van der Waals surface area (Å²) in [5.41, 5.74) is 0.873. The molecule has 0 saturated heterocycles. The van der Waals surface area contributed by atoms with Gasteiger partial charge in [-0.1, -0.05) is 23.2 Å². The van der Waals surface area contributed by atoms with Crippen LogP contribution < -0.4 is 0 Å². The minimum Gasteiger partial charge on any atom is -0.364 e. The number of ether oxygens (including phenoxy) is 1. The Morgan fingerprint density at radius 2 is 2.29 bits per heavy atom. The molecule has 0 fully saturated rings. The van der Waals surface area contributed by atoms with Crippen molar-refractivity contribution in [2.75, 3.05) is 7.11 Å². The zero-order valence-electron chi connectivity index (χ0n) is 8.67. The van der Waals surface area contributed by atoms with Crippen molar-refractivity contribution in [1.29, 1.82) is 5.26 Å². The summed E-state index contributed by atoms with van der Waals surface area (Å²) in [6.45, 7) is 0.268. The smallest absolute Gasteiger partial charge is 0.145 e. The van der Waals surface area contributed by atoms with E-state index in [1.54, 1.807) is 17.7 Å². The summed E-state index contributed by atoms with van der Waals surface area (Å²) in [7, 11) is 1.56. The van der Waals surface area contributed by atoms with Crippen LogP contribution in [0.4, 0.5) is 0 Å². The van der Waals surface area contributed by atoms with Crippen molar-refractivity contribution < 1.29 is 4.74 Å². The van der Waals surface area contributed by atoms with Crippen LogP contribution in [0.2, 0.25) is 10.2 Å². The van der Waals surface area contributed by atoms with Gasteiger partial charge < -0.3 is 4.74 Å². The average Bonchev–Trinajstić information content (AvgIpc) is 2.58. The summed E-state index contributed by atoms with van der Waals surface area (Å²) < 4.78 is 7.08. The number of methoxy groups -OCH3 is 1. The molecule has 0 saturated carbocycles. The summed E-state index contributed by atoms with van der Waals surface area (Å²) >= 11 is 15.4. The van der Waals surface area contributed by atoms with Crippen LogP contribution in [-0.2, 0) is 11.5 Å². The molecule has 2 rings (SSSR count). The Morgan fingerprint density at radius 1 is 1.59 bits per heavy atom. The highest BCUT2D eigenvalue weighted by molar-refractivity contribution is 9.10. The first-order valence-electron chi connectivity index (χ1n) is 4.53. The van der Waals surface area contributed by atoms with E-state index in [2.05, 4.69) is 20.9 Å². The fraction of sp³-hybridized carbons (Fsp3) is 0.200. The van der Waals surface area contributed by atoms with Crippen molar-refractivity contribution >= 4 is 50.2 Å². The Morgan fingerprint density at radius 3 is 2.88 bits per heavy atom. The maximum Gasteiger partial charge on any atom is 0.145 e. The van der Waals surface area contributed by atoms with E-state index in [1.165, 1.54) is 0 Å². The number of aromatic nitrogens is 2. The Labute approximate surface area is 116 Å². The molecule has 7 heteroatoms. The molecule has 0 aliphatic carbocycles. The maximum absolute atomic E-state index is 8.97. The molecule has 0 aromatic carbocycles. The van der Waals surface area contributed by atoms with Gasteiger partial charge in [-0.05, 0) is 22.0 Å². The molecule has 88 valence electrons. The second-order valence-electron chi connectivity index (χ2n) is 3.25. The van der Waals surface area contributed by atoms with Crippen LogP contribution in [0.3, 0.4) is 0 Å². The monoisotopic (exact) mass is 333 g/mol. The summed E-state index contributed by atoms with van der Waals surface area (Å²) in [5, 5.41) is 10.4. The predicted octanol–water partition coefficient (Wildman–Crippen LogP) is 3.58. The number of hydrogen-bond donors (Lipinski definition) is 0. The third kappa shape index (κ3) is 2.02. The summed E-state index contributed by atoms with van der Waals surface area (Å²) in [5.74, 6) is 0. The van der Waals surface area contributed by atoms with E-state index in [-0.39, 0.29) is 6.73 Å². The van der Waals surface area contributed by atoms with Gasteiger partial charge in [-0.3, -0.25) is 4.57 Å². The summed E-state index contributed by atoms with van der Waals surface area (Å²) in [6, 6.07) is 3.66. The minimum atomic E-state index is 0.268. The van der Waals surface area contributed by atoms with Crippen molar-refractivity contribution in [3.8, 4) is 6.07 Å². The first kappa shape index (κ1) is 12.7. The number of nitrogens with zero attached hydrogens (tertiary/aromatic N) is 3. The van der Waals surface area contributed by atoms with Crippen molar-refractivity contribution in [3.05, 3.63) is 26.4 Å². The molecule has 2 heterocycles. The molecule has 0 atom stereocenters. The molecular formula is C10H6BrCl2N3O. The van der Waals surface area contributed by atoms with Gasteiger partial charge >= 0.3 is 0 Å². The first-order chi connectivity index (χ1) is 8.10. The lowest BCUT2D eigenvalue weighted by molar-refractivity contribution is 0.134. The molecule has 2 aromatic heterocycles. The van der Waals surface area contributed by atoms with E-state index in [9.17, 15) is 0 Å². The molecule has 0 amide bonds. The van der Waals surface area contributed by atoms with E-state index in [1.807, 2.05) is 6.07 Å². The molecule has 0 bridgehead atoms. The normalized spacial score (nSPS) is 10.8. The quantitative estimate of drug-likeness (QED) is 0.789. The van der Waals surface area contributed by atoms with Crippen LogP contribution in [0.1, 0.15) is 5.56 Å². The Bertz CT molecular complexity index is 633. The number of hydrogen-bond acceptors (Lipinski definition) is 3. The fourth-order valence-electron chi connectivity index (χ4n) is 1.51. The number of rotatable bonds is 2. The van der Waals surface area contributed by atoms with Gasteiger partial charge in [0, 0.05) is 12.5 Å². The highest BCUT2D eigenvalue weighted by Gasteiger charge is 2.17. The van der Waals surface area contributed by atoms with E-state index in [0.717, 1.165) is 0 Å². The third-order valence-electron chi connectivity index (χ3n) is 2.25. The molecule has 0 aliphatic rings. The van der Waals surface area contributed by atoms with Crippen molar-refractivity contribution in [3.63, 3.8) is 0 Å². The van der Waals surface area contributed by atoms with Crippen LogP contribution in [-0.4, -0.2) is 16.7 Å². The SMILES string of the molecule is COCn1c(Cl)cc2c(Cl)c(C#N)c(Br)nc21. The number of fused-ring (bicyclic) bond motifs is 1. The van der Waals surface area contributed by atoms with Crippen LogP contribution in [0, 0.1) is 11.3 Å². The molecule has 0 unspecified atom stereocenters. The standard InChI is InChI=1S/C10H6BrCl2N3O/c1-17-4-16-7(12)2-5-8(13)6(3-14)9(11)15-10(5)16/h2H,4H2,1H3. The van der Waals surface area contributed by atoms with Gasteiger partial charge in [-0.15, -0.1) is 0 Å². The van der Waals surface area contributed by atoms with Crippen molar-refractivity contribution in [2.24, 2.45) is 0 Å². The van der Waals surface area contributed by atoms with Gasteiger partial charge in [-0.2, -0.15) is 5.26 Å². The zero-order valence-corrected chi connectivity index (χ0v) is 11.8. The second-order valence-corrected chi connectivity index (χ2v) is 4.77. The fourth-order valence-corrected chi connectivity index (χ4v) is 2.59. The van der Waals surface area contributed by atoms with Crippen molar-refractivity contribution in [1.82, 2.24) is 9.55 Å². The highest BCUT2D eigenvalue weighted by Crippen LogP contribution is 2.33. The van der Waals surface area contributed by atoms with Crippen LogP contribution in [0.25, 0.3) is 11.0 Å². The van der Waals surface area contributed by atoms with Crippen LogP contribution >= 0.6 is 39.1 Å². The third-order valence-corrected chi connectivity index (χ3v) is 3.53. The lowest BCUT2D eigenvalue weighted by atomic mass is 10.2. The van der Waals surface area contributed by atoms with Gasteiger partial charge in [-0.25, -0.2) is 4.98 Å².